The van der Waals surface area contributed by atoms with Gasteiger partial charge < -0.3 is 4.90 Å². The summed E-state index contributed by atoms with van der Waals surface area (Å²) < 4.78 is 23.2. The fraction of sp³-hybridized carbons (Fsp3) is 0.667. The normalized spacial score (nSPS) is 17.8. The number of hydrogen-bond acceptors (Lipinski definition) is 4. The molecule has 1 saturated heterocycles. The van der Waals surface area contributed by atoms with Gasteiger partial charge in [0.1, 0.15) is 0 Å². The van der Waals surface area contributed by atoms with Gasteiger partial charge in [-0.15, -0.1) is 6.42 Å². The van der Waals surface area contributed by atoms with Crippen molar-refractivity contribution in [1.29, 1.82) is 0 Å². The van der Waals surface area contributed by atoms with Crippen LogP contribution in [-0.2, 0) is 15.0 Å². The molecule has 0 unspecified atom stereocenters. The van der Waals surface area contributed by atoms with Crippen LogP contribution in [0.15, 0.2) is 0 Å². The minimum Gasteiger partial charge on any atom is -0.339 e. The van der Waals surface area contributed by atoms with Crippen LogP contribution in [0.4, 0.5) is 0 Å². The van der Waals surface area contributed by atoms with Crippen molar-refractivity contribution in [2.45, 2.75) is 0 Å². The van der Waals surface area contributed by atoms with Crippen LogP contribution in [0, 0.1) is 12.3 Å². The molecule has 1 rings (SSSR count). The van der Waals surface area contributed by atoms with Crippen molar-refractivity contribution >= 4 is 16.1 Å². The minimum absolute atomic E-state index is 0.0886. The third-order valence-corrected chi connectivity index (χ3v) is 3.54. The number of carbonyl (C=O) groups is 1. The van der Waals surface area contributed by atoms with E-state index in [1.807, 2.05) is 0 Å². The number of nitrogens with one attached hydrogen (secondary N) is 1. The number of piperazine rings is 1. The molecule has 7 nitrogen and oxygen atoms in total. The van der Waals surface area contributed by atoms with Gasteiger partial charge in [0.25, 0.3) is 10.2 Å². The molecular weight excluding hydrogens is 244 g/mol. The SMILES string of the molecule is C#CCNCC(=O)N1CCN(S(N)(=O)=O)CC1. The van der Waals surface area contributed by atoms with Crippen molar-refractivity contribution in [3.63, 3.8) is 0 Å². The Hall–Kier alpha value is -1.14. The zero-order chi connectivity index (χ0) is 12.9. The van der Waals surface area contributed by atoms with Crippen LogP contribution in [-0.4, -0.2) is 62.8 Å². The Morgan fingerprint density at radius 3 is 2.41 bits per heavy atom. The molecule has 0 aromatic carbocycles. The molecular formula is C9H16N4O3S. The topological polar surface area (TPSA) is 95.7 Å². The lowest BCUT2D eigenvalue weighted by Crippen LogP contribution is -2.53. The number of amides is 1. The molecule has 0 spiro atoms. The molecule has 0 atom stereocenters. The van der Waals surface area contributed by atoms with Crippen LogP contribution in [0.1, 0.15) is 0 Å². The highest BCUT2D eigenvalue weighted by molar-refractivity contribution is 7.86. The summed E-state index contributed by atoms with van der Waals surface area (Å²) in [6.07, 6.45) is 5.03. The Balaban J connectivity index is 2.37. The number of nitrogens with zero attached hydrogens (tertiary/aromatic N) is 2. The van der Waals surface area contributed by atoms with Gasteiger partial charge >= 0.3 is 0 Å². The molecule has 1 fully saturated rings. The summed E-state index contributed by atoms with van der Waals surface area (Å²) in [5.41, 5.74) is 0. The third-order valence-electron chi connectivity index (χ3n) is 2.45. The molecule has 1 aliphatic heterocycles. The summed E-state index contributed by atoms with van der Waals surface area (Å²) in [4.78, 5) is 13.2. The first-order chi connectivity index (χ1) is 7.95. The Morgan fingerprint density at radius 2 is 1.94 bits per heavy atom. The molecule has 3 N–H and O–H groups in total. The van der Waals surface area contributed by atoms with Crippen molar-refractivity contribution in [1.82, 2.24) is 14.5 Å². The molecule has 0 aromatic heterocycles. The molecule has 1 aliphatic rings. The van der Waals surface area contributed by atoms with E-state index in [4.69, 9.17) is 11.6 Å². The Labute approximate surface area is 101 Å². The predicted octanol–water partition coefficient (Wildman–Crippen LogP) is -2.44. The van der Waals surface area contributed by atoms with Gasteiger partial charge in [-0.05, 0) is 0 Å². The van der Waals surface area contributed by atoms with E-state index in [1.165, 1.54) is 0 Å². The van der Waals surface area contributed by atoms with E-state index in [1.54, 1.807) is 4.90 Å². The maximum absolute atomic E-state index is 11.6. The molecule has 0 bridgehead atoms. The van der Waals surface area contributed by atoms with E-state index in [9.17, 15) is 13.2 Å². The fourth-order valence-corrected chi connectivity index (χ4v) is 2.22. The Morgan fingerprint density at radius 1 is 1.35 bits per heavy atom. The van der Waals surface area contributed by atoms with Crippen LogP contribution in [0.25, 0.3) is 0 Å². The highest BCUT2D eigenvalue weighted by Gasteiger charge is 2.25. The summed E-state index contributed by atoms with van der Waals surface area (Å²) in [6.45, 7) is 1.68. The van der Waals surface area contributed by atoms with Gasteiger partial charge in [-0.25, -0.2) is 5.14 Å². The van der Waals surface area contributed by atoms with Crippen molar-refractivity contribution in [3.05, 3.63) is 0 Å². The zero-order valence-electron chi connectivity index (χ0n) is 9.42. The van der Waals surface area contributed by atoms with Crippen molar-refractivity contribution < 1.29 is 13.2 Å². The molecule has 0 aromatic rings. The van der Waals surface area contributed by atoms with Crippen LogP contribution >= 0.6 is 0 Å². The molecule has 8 heteroatoms. The zero-order valence-corrected chi connectivity index (χ0v) is 10.2. The largest absolute Gasteiger partial charge is 0.339 e. The molecule has 0 saturated carbocycles. The summed E-state index contributed by atoms with van der Waals surface area (Å²) in [6, 6.07) is 0. The van der Waals surface area contributed by atoms with Crippen molar-refractivity contribution in [2.75, 3.05) is 39.3 Å². The lowest BCUT2D eigenvalue weighted by molar-refractivity contribution is -0.131. The summed E-state index contributed by atoms with van der Waals surface area (Å²) in [5.74, 6) is 2.28. The molecule has 17 heavy (non-hydrogen) atoms. The quantitative estimate of drug-likeness (QED) is 0.433. The van der Waals surface area contributed by atoms with Gasteiger partial charge in [0.05, 0.1) is 13.1 Å². The van der Waals surface area contributed by atoms with Gasteiger partial charge in [0.15, 0.2) is 0 Å². The summed E-state index contributed by atoms with van der Waals surface area (Å²) >= 11 is 0. The molecule has 0 aliphatic carbocycles. The second-order valence-corrected chi connectivity index (χ2v) is 5.18. The second-order valence-electron chi connectivity index (χ2n) is 3.63. The summed E-state index contributed by atoms with van der Waals surface area (Å²) in [5, 5.41) is 7.78. The summed E-state index contributed by atoms with van der Waals surface area (Å²) in [7, 11) is -3.64. The van der Waals surface area contributed by atoms with Crippen molar-refractivity contribution in [3.8, 4) is 12.3 Å². The monoisotopic (exact) mass is 260 g/mol. The standard InChI is InChI=1S/C9H16N4O3S/c1-2-3-11-8-9(14)12-4-6-13(7-5-12)17(10,15)16/h1,11H,3-8H2,(H2,10,15,16). The van der Waals surface area contributed by atoms with Crippen LogP contribution in [0.3, 0.4) is 0 Å². The third kappa shape index (κ3) is 4.32. The highest BCUT2D eigenvalue weighted by Crippen LogP contribution is 2.04. The first kappa shape index (κ1) is 13.9. The van der Waals surface area contributed by atoms with E-state index in [2.05, 4.69) is 11.2 Å². The van der Waals surface area contributed by atoms with E-state index in [0.717, 1.165) is 4.31 Å². The lowest BCUT2D eigenvalue weighted by atomic mass is 10.3. The van der Waals surface area contributed by atoms with Gasteiger partial charge in [-0.2, -0.15) is 12.7 Å². The van der Waals surface area contributed by atoms with Crippen LogP contribution in [0.5, 0.6) is 0 Å². The fourth-order valence-electron chi connectivity index (χ4n) is 1.55. The maximum Gasteiger partial charge on any atom is 0.277 e. The maximum atomic E-state index is 11.6. The first-order valence-corrected chi connectivity index (χ1v) is 6.65. The smallest absolute Gasteiger partial charge is 0.277 e. The minimum atomic E-state index is -3.64. The van der Waals surface area contributed by atoms with E-state index in [0.29, 0.717) is 19.6 Å². The predicted molar refractivity (Wildman–Crippen MR) is 63.0 cm³/mol. The van der Waals surface area contributed by atoms with Gasteiger partial charge in [-0.1, -0.05) is 5.92 Å². The molecule has 96 valence electrons. The van der Waals surface area contributed by atoms with Gasteiger partial charge in [-0.3, -0.25) is 10.1 Å². The number of nitrogens with two attached hydrogens (primary N) is 1. The number of rotatable bonds is 4. The molecule has 1 amide bonds. The van der Waals surface area contributed by atoms with Crippen molar-refractivity contribution in [2.24, 2.45) is 5.14 Å². The average Bonchev–Trinajstić information content (AvgIpc) is 2.28. The van der Waals surface area contributed by atoms with E-state index in [-0.39, 0.29) is 25.5 Å². The van der Waals surface area contributed by atoms with Gasteiger partial charge in [0.2, 0.25) is 5.91 Å². The Bertz CT molecular complexity index is 406. The van der Waals surface area contributed by atoms with E-state index >= 15 is 0 Å². The van der Waals surface area contributed by atoms with Crippen LogP contribution in [0.2, 0.25) is 0 Å². The van der Waals surface area contributed by atoms with Crippen LogP contribution < -0.4 is 10.5 Å². The highest BCUT2D eigenvalue weighted by atomic mass is 32.2. The average molecular weight is 260 g/mol. The first-order valence-electron chi connectivity index (χ1n) is 5.15. The lowest BCUT2D eigenvalue weighted by Gasteiger charge is -2.32. The molecule has 1 heterocycles. The van der Waals surface area contributed by atoms with E-state index < -0.39 is 10.2 Å². The molecule has 0 radical (unpaired) electrons. The number of hydrogen-bond donors (Lipinski definition) is 2. The van der Waals surface area contributed by atoms with Gasteiger partial charge in [0, 0.05) is 26.2 Å². The number of carbonyl (C=O) groups excluding carboxylic acids is 1. The second kappa shape index (κ2) is 5.97. The Kier molecular flexibility index (Phi) is 4.89. The number of terminal acetylenes is 1.